The molecule has 0 aliphatic carbocycles. The lowest BCUT2D eigenvalue weighted by Crippen LogP contribution is -2.39. The number of hydrogen-bond acceptors (Lipinski definition) is 5. The van der Waals surface area contributed by atoms with Gasteiger partial charge in [-0.1, -0.05) is 24.3 Å². The number of pyridine rings is 1. The second-order valence-electron chi connectivity index (χ2n) is 7.98. The third-order valence-electron chi connectivity index (χ3n) is 5.00. The number of nitrogens with zero attached hydrogens (tertiary/aromatic N) is 3. The van der Waals surface area contributed by atoms with Gasteiger partial charge >= 0.3 is 6.03 Å². The van der Waals surface area contributed by atoms with Crippen LogP contribution in [-0.4, -0.2) is 53.9 Å². The Morgan fingerprint density at radius 3 is 2.47 bits per heavy atom. The van der Waals surface area contributed by atoms with Crippen LogP contribution in [0.25, 0.3) is 0 Å². The molecule has 10 heteroatoms. The number of halogens is 1. The van der Waals surface area contributed by atoms with Crippen molar-refractivity contribution >= 4 is 43.5 Å². The molecule has 0 spiro atoms. The molecule has 0 saturated carbocycles. The SMILES string of the molecule is CN(C)CCN(Cc1ccc(C(=O)Nc2ccccc2N)nc1)C(=O)Nc1ccc(P)c(F)c1. The van der Waals surface area contributed by atoms with E-state index >= 15 is 0 Å². The molecule has 178 valence electrons. The Balaban J connectivity index is 1.69. The highest BCUT2D eigenvalue weighted by atomic mass is 31.0. The molecular formula is C24H28FN6O2P. The number of nitrogen functional groups attached to an aromatic ring is 1. The molecule has 0 aliphatic rings. The lowest BCUT2D eigenvalue weighted by atomic mass is 10.2. The van der Waals surface area contributed by atoms with E-state index in [1.165, 1.54) is 6.07 Å². The van der Waals surface area contributed by atoms with Gasteiger partial charge < -0.3 is 26.2 Å². The summed E-state index contributed by atoms with van der Waals surface area (Å²) in [5.74, 6) is -0.802. The Morgan fingerprint density at radius 1 is 1.06 bits per heavy atom. The van der Waals surface area contributed by atoms with Gasteiger partial charge in [-0.05, 0) is 50.0 Å². The van der Waals surface area contributed by atoms with Gasteiger partial charge in [-0.25, -0.2) is 9.18 Å². The van der Waals surface area contributed by atoms with E-state index in [0.717, 1.165) is 5.56 Å². The summed E-state index contributed by atoms with van der Waals surface area (Å²) in [5.41, 5.74) is 8.18. The van der Waals surface area contributed by atoms with Gasteiger partial charge in [0.15, 0.2) is 0 Å². The van der Waals surface area contributed by atoms with E-state index in [1.807, 2.05) is 19.0 Å². The van der Waals surface area contributed by atoms with Crippen molar-refractivity contribution in [3.63, 3.8) is 0 Å². The minimum atomic E-state index is -0.419. The van der Waals surface area contributed by atoms with Crippen molar-refractivity contribution in [3.8, 4) is 0 Å². The number of hydrogen-bond donors (Lipinski definition) is 3. The second-order valence-corrected chi connectivity index (χ2v) is 8.61. The number of nitrogens with one attached hydrogen (secondary N) is 2. The number of benzene rings is 2. The van der Waals surface area contributed by atoms with E-state index in [0.29, 0.717) is 35.5 Å². The van der Waals surface area contributed by atoms with Crippen molar-refractivity contribution in [2.75, 3.05) is 43.6 Å². The number of urea groups is 1. The first-order chi connectivity index (χ1) is 16.2. The quantitative estimate of drug-likeness (QED) is 0.338. The van der Waals surface area contributed by atoms with Gasteiger partial charge in [0.2, 0.25) is 0 Å². The van der Waals surface area contributed by atoms with Crippen molar-refractivity contribution in [3.05, 3.63) is 77.9 Å². The fourth-order valence-electron chi connectivity index (χ4n) is 3.05. The molecule has 1 heterocycles. The molecule has 1 atom stereocenters. The van der Waals surface area contributed by atoms with E-state index in [9.17, 15) is 14.0 Å². The highest BCUT2D eigenvalue weighted by Crippen LogP contribution is 2.18. The van der Waals surface area contributed by atoms with E-state index < -0.39 is 5.82 Å². The normalized spacial score (nSPS) is 10.7. The van der Waals surface area contributed by atoms with Crippen molar-refractivity contribution in [1.29, 1.82) is 0 Å². The highest BCUT2D eigenvalue weighted by Gasteiger charge is 2.16. The summed E-state index contributed by atoms with van der Waals surface area (Å²) in [6.07, 6.45) is 1.56. The second kappa shape index (κ2) is 11.5. The fourth-order valence-corrected chi connectivity index (χ4v) is 3.23. The molecule has 1 aromatic heterocycles. The van der Waals surface area contributed by atoms with E-state index in [4.69, 9.17) is 5.73 Å². The molecule has 3 rings (SSSR count). The molecule has 0 bridgehead atoms. The van der Waals surface area contributed by atoms with Crippen LogP contribution in [0.5, 0.6) is 0 Å². The first-order valence-corrected chi connectivity index (χ1v) is 11.2. The molecule has 3 aromatic rings. The van der Waals surface area contributed by atoms with Crippen LogP contribution in [0.2, 0.25) is 0 Å². The molecule has 8 nitrogen and oxygen atoms in total. The molecule has 3 amide bonds. The average Bonchev–Trinajstić information content (AvgIpc) is 2.80. The van der Waals surface area contributed by atoms with Gasteiger partial charge in [0, 0.05) is 36.8 Å². The van der Waals surface area contributed by atoms with Gasteiger partial charge in [0.1, 0.15) is 11.5 Å². The van der Waals surface area contributed by atoms with Gasteiger partial charge in [-0.3, -0.25) is 9.78 Å². The molecule has 34 heavy (non-hydrogen) atoms. The number of carbonyl (C=O) groups is 2. The van der Waals surface area contributed by atoms with Gasteiger partial charge in [-0.2, -0.15) is 0 Å². The summed E-state index contributed by atoms with van der Waals surface area (Å²) >= 11 is 0. The van der Waals surface area contributed by atoms with Gasteiger partial charge in [0.05, 0.1) is 11.4 Å². The average molecular weight is 483 g/mol. The maximum absolute atomic E-state index is 13.9. The Bertz CT molecular complexity index is 1160. The van der Waals surface area contributed by atoms with Gasteiger partial charge in [-0.15, -0.1) is 9.24 Å². The minimum Gasteiger partial charge on any atom is -0.397 e. The Morgan fingerprint density at radius 2 is 1.82 bits per heavy atom. The first kappa shape index (κ1) is 25.1. The highest BCUT2D eigenvalue weighted by molar-refractivity contribution is 7.27. The number of anilines is 3. The molecule has 0 fully saturated rings. The monoisotopic (exact) mass is 482 g/mol. The smallest absolute Gasteiger partial charge is 0.322 e. The summed E-state index contributed by atoms with van der Waals surface area (Å²) in [6.45, 7) is 1.35. The number of aromatic nitrogens is 1. The van der Waals surface area contributed by atoms with Crippen LogP contribution in [0.3, 0.4) is 0 Å². The number of rotatable bonds is 8. The zero-order chi connectivity index (χ0) is 24.7. The zero-order valence-corrected chi connectivity index (χ0v) is 20.2. The molecule has 0 saturated heterocycles. The zero-order valence-electron chi connectivity index (χ0n) is 19.1. The molecule has 1 unspecified atom stereocenters. The summed E-state index contributed by atoms with van der Waals surface area (Å²) in [7, 11) is 6.13. The lowest BCUT2D eigenvalue weighted by molar-refractivity contribution is 0.102. The Labute approximate surface area is 200 Å². The number of carbonyl (C=O) groups excluding carboxylic acids is 2. The summed E-state index contributed by atoms with van der Waals surface area (Å²) in [6, 6.07) is 14.4. The van der Waals surface area contributed by atoms with Crippen LogP contribution >= 0.6 is 9.24 Å². The Kier molecular flexibility index (Phi) is 8.51. The fraction of sp³-hybridized carbons (Fsp3) is 0.208. The molecule has 0 aliphatic heterocycles. The largest absolute Gasteiger partial charge is 0.397 e. The number of likely N-dealkylation sites (N-methyl/N-ethyl adjacent to an activating group) is 1. The maximum atomic E-state index is 13.9. The van der Waals surface area contributed by atoms with Crippen LogP contribution < -0.4 is 21.7 Å². The first-order valence-electron chi connectivity index (χ1n) is 10.6. The van der Waals surface area contributed by atoms with Crippen molar-refractivity contribution < 1.29 is 14.0 Å². The van der Waals surface area contributed by atoms with Crippen molar-refractivity contribution in [1.82, 2.24) is 14.8 Å². The van der Waals surface area contributed by atoms with Crippen LogP contribution in [0.4, 0.5) is 26.2 Å². The third-order valence-corrected chi connectivity index (χ3v) is 5.46. The summed E-state index contributed by atoms with van der Waals surface area (Å²) in [5, 5.41) is 5.90. The van der Waals surface area contributed by atoms with Crippen molar-refractivity contribution in [2.24, 2.45) is 0 Å². The standard InChI is InChI=1S/C24H28FN6O2P/c1-30(2)11-12-31(24(33)28-17-8-10-22(34)18(25)13-17)15-16-7-9-21(27-14-16)23(32)29-20-6-4-3-5-19(20)26/h3-10,13-14H,11-12,15,26,34H2,1-2H3,(H,28,33)(H,29,32). The van der Waals surface area contributed by atoms with Crippen LogP contribution in [0, 0.1) is 5.82 Å². The topological polar surface area (TPSA) is 104 Å². The van der Waals surface area contributed by atoms with Crippen LogP contribution in [0.1, 0.15) is 16.1 Å². The van der Waals surface area contributed by atoms with E-state index in [-0.39, 0.29) is 24.2 Å². The molecule has 0 radical (unpaired) electrons. The van der Waals surface area contributed by atoms with Crippen LogP contribution in [0.15, 0.2) is 60.8 Å². The maximum Gasteiger partial charge on any atom is 0.322 e. The summed E-state index contributed by atoms with van der Waals surface area (Å²) < 4.78 is 13.9. The predicted octanol–water partition coefficient (Wildman–Crippen LogP) is 3.15. The minimum absolute atomic E-state index is 0.226. The molecule has 4 N–H and O–H groups in total. The summed E-state index contributed by atoms with van der Waals surface area (Å²) in [4.78, 5) is 33.2. The number of nitrogens with two attached hydrogens (primary N) is 1. The lowest BCUT2D eigenvalue weighted by Gasteiger charge is -2.25. The number of amides is 3. The van der Waals surface area contributed by atoms with Crippen molar-refractivity contribution in [2.45, 2.75) is 6.54 Å². The molecular weight excluding hydrogens is 454 g/mol. The molecule has 2 aromatic carbocycles. The van der Waals surface area contributed by atoms with Crippen LogP contribution in [-0.2, 0) is 6.54 Å². The Hall–Kier alpha value is -3.55. The third kappa shape index (κ3) is 6.97. The van der Waals surface area contributed by atoms with E-state index in [1.54, 1.807) is 59.6 Å². The van der Waals surface area contributed by atoms with Gasteiger partial charge in [0.25, 0.3) is 5.91 Å². The predicted molar refractivity (Wildman–Crippen MR) is 137 cm³/mol. The number of para-hydroxylation sites is 2. The van der Waals surface area contributed by atoms with E-state index in [2.05, 4.69) is 24.9 Å².